The van der Waals surface area contributed by atoms with Crippen molar-refractivity contribution >= 4 is 24.0 Å². The monoisotopic (exact) mass is 322 g/mol. The van der Waals surface area contributed by atoms with Gasteiger partial charge in [-0.25, -0.2) is 0 Å². The van der Waals surface area contributed by atoms with Crippen LogP contribution in [-0.4, -0.2) is 30.1 Å². The number of likely N-dealkylation sites (tertiary alicyclic amines) is 1. The van der Waals surface area contributed by atoms with Crippen LogP contribution < -0.4 is 5.73 Å². The molecule has 1 saturated heterocycles. The Morgan fingerprint density at radius 3 is 2.48 bits per heavy atom. The van der Waals surface area contributed by atoms with Gasteiger partial charge in [0.05, 0.1) is 12.3 Å². The lowest BCUT2D eigenvalue weighted by molar-refractivity contribution is -0.187. The number of rotatable bonds is 2. The number of nitrogens with two attached hydrogens (primary N) is 1. The van der Waals surface area contributed by atoms with E-state index in [-0.39, 0.29) is 37.7 Å². The normalized spacial score (nSPS) is 19.0. The van der Waals surface area contributed by atoms with Gasteiger partial charge < -0.3 is 10.6 Å². The second-order valence-corrected chi connectivity index (χ2v) is 5.14. The van der Waals surface area contributed by atoms with Gasteiger partial charge in [0, 0.05) is 18.8 Å². The van der Waals surface area contributed by atoms with E-state index in [2.05, 4.69) is 0 Å². The molecule has 3 nitrogen and oxygen atoms in total. The Labute approximate surface area is 127 Å². The molecule has 0 bridgehead atoms. The third-order valence-corrected chi connectivity index (χ3v) is 3.57. The molecule has 7 heteroatoms. The number of hydrogen-bond donors (Lipinski definition) is 1. The molecule has 1 unspecified atom stereocenters. The zero-order valence-electron chi connectivity index (χ0n) is 11.4. The number of amides is 1. The number of nitrogen functional groups attached to an aromatic ring is 1. The standard InChI is InChI=1S/C14H17F3N2O.ClH/c15-14(16,17)11-2-1-7-19(9-11)13(20)8-10-3-5-12(18)6-4-10;/h3-6,11H,1-2,7-9,18H2;1H. The Morgan fingerprint density at radius 1 is 1.29 bits per heavy atom. The first-order chi connectivity index (χ1) is 9.36. The molecule has 1 aromatic rings. The Kier molecular flexibility index (Phi) is 5.89. The maximum absolute atomic E-state index is 12.7. The Hall–Kier alpha value is -1.43. The third-order valence-electron chi connectivity index (χ3n) is 3.57. The molecule has 1 aromatic carbocycles. The average molecular weight is 323 g/mol. The summed E-state index contributed by atoms with van der Waals surface area (Å²) in [7, 11) is 0. The maximum Gasteiger partial charge on any atom is 0.393 e. The van der Waals surface area contributed by atoms with Crippen molar-refractivity contribution in [1.29, 1.82) is 0 Å². The summed E-state index contributed by atoms with van der Waals surface area (Å²) in [4.78, 5) is 13.4. The molecular formula is C14H18ClF3N2O. The molecule has 0 aromatic heterocycles. The highest BCUT2D eigenvalue weighted by atomic mass is 35.5. The number of piperidine rings is 1. The van der Waals surface area contributed by atoms with Crippen LogP contribution >= 0.6 is 12.4 Å². The van der Waals surface area contributed by atoms with E-state index in [1.807, 2.05) is 0 Å². The molecule has 1 fully saturated rings. The molecule has 1 atom stereocenters. The minimum absolute atomic E-state index is 0. The lowest BCUT2D eigenvalue weighted by Gasteiger charge is -2.33. The minimum Gasteiger partial charge on any atom is -0.399 e. The highest BCUT2D eigenvalue weighted by Crippen LogP contribution is 2.33. The van der Waals surface area contributed by atoms with Crippen LogP contribution in [0.5, 0.6) is 0 Å². The molecule has 1 aliphatic heterocycles. The van der Waals surface area contributed by atoms with E-state index in [4.69, 9.17) is 5.73 Å². The molecule has 21 heavy (non-hydrogen) atoms. The van der Waals surface area contributed by atoms with Gasteiger partial charge in [-0.3, -0.25) is 4.79 Å². The summed E-state index contributed by atoms with van der Waals surface area (Å²) in [6, 6.07) is 6.80. The van der Waals surface area contributed by atoms with Crippen LogP contribution in [0.3, 0.4) is 0 Å². The number of carbonyl (C=O) groups is 1. The first-order valence-corrected chi connectivity index (χ1v) is 6.55. The van der Waals surface area contributed by atoms with Crippen LogP contribution in [0.2, 0.25) is 0 Å². The summed E-state index contributed by atoms with van der Waals surface area (Å²) in [6.45, 7) is 0.178. The van der Waals surface area contributed by atoms with Crippen molar-refractivity contribution in [3.63, 3.8) is 0 Å². The summed E-state index contributed by atoms with van der Waals surface area (Å²) in [6.07, 6.45) is -3.60. The average Bonchev–Trinajstić information content (AvgIpc) is 2.40. The molecule has 0 radical (unpaired) electrons. The minimum atomic E-state index is -4.22. The third kappa shape index (κ3) is 4.81. The Balaban J connectivity index is 0.00000220. The van der Waals surface area contributed by atoms with Gasteiger partial charge in [-0.2, -0.15) is 13.2 Å². The van der Waals surface area contributed by atoms with E-state index in [9.17, 15) is 18.0 Å². The number of carbonyl (C=O) groups excluding carboxylic acids is 1. The smallest absolute Gasteiger partial charge is 0.393 e. The van der Waals surface area contributed by atoms with Crippen LogP contribution in [0.25, 0.3) is 0 Å². The SMILES string of the molecule is Cl.Nc1ccc(CC(=O)N2CCCC(C(F)(F)F)C2)cc1. The lowest BCUT2D eigenvalue weighted by Crippen LogP contribution is -2.45. The number of alkyl halides is 3. The largest absolute Gasteiger partial charge is 0.399 e. The van der Waals surface area contributed by atoms with Crippen LogP contribution in [-0.2, 0) is 11.2 Å². The van der Waals surface area contributed by atoms with Crippen molar-refractivity contribution in [2.45, 2.75) is 25.4 Å². The van der Waals surface area contributed by atoms with Gasteiger partial charge in [0.15, 0.2) is 0 Å². The number of nitrogens with zero attached hydrogens (tertiary/aromatic N) is 1. The number of benzene rings is 1. The molecule has 0 aliphatic carbocycles. The fourth-order valence-electron chi connectivity index (χ4n) is 2.39. The van der Waals surface area contributed by atoms with E-state index >= 15 is 0 Å². The Bertz CT molecular complexity index is 476. The highest BCUT2D eigenvalue weighted by molar-refractivity contribution is 5.85. The predicted molar refractivity (Wildman–Crippen MR) is 77.2 cm³/mol. The van der Waals surface area contributed by atoms with Crippen LogP contribution in [0.4, 0.5) is 18.9 Å². The first-order valence-electron chi connectivity index (χ1n) is 6.55. The summed E-state index contributed by atoms with van der Waals surface area (Å²) in [5, 5.41) is 0. The summed E-state index contributed by atoms with van der Waals surface area (Å²) >= 11 is 0. The molecule has 118 valence electrons. The molecule has 2 rings (SSSR count). The van der Waals surface area contributed by atoms with Crippen LogP contribution in [0.15, 0.2) is 24.3 Å². The van der Waals surface area contributed by atoms with Crippen molar-refractivity contribution in [3.05, 3.63) is 29.8 Å². The molecule has 1 heterocycles. The highest BCUT2D eigenvalue weighted by Gasteiger charge is 2.42. The number of anilines is 1. The number of hydrogen-bond acceptors (Lipinski definition) is 2. The molecule has 1 aliphatic rings. The molecular weight excluding hydrogens is 305 g/mol. The fraction of sp³-hybridized carbons (Fsp3) is 0.500. The molecule has 2 N–H and O–H groups in total. The van der Waals surface area contributed by atoms with Gasteiger partial charge in [0.25, 0.3) is 0 Å². The van der Waals surface area contributed by atoms with E-state index < -0.39 is 12.1 Å². The van der Waals surface area contributed by atoms with Gasteiger partial charge in [0.1, 0.15) is 0 Å². The zero-order chi connectivity index (χ0) is 14.8. The van der Waals surface area contributed by atoms with Crippen LogP contribution in [0, 0.1) is 5.92 Å². The van der Waals surface area contributed by atoms with Crippen molar-refractivity contribution in [2.24, 2.45) is 5.92 Å². The van der Waals surface area contributed by atoms with Crippen molar-refractivity contribution in [2.75, 3.05) is 18.8 Å². The van der Waals surface area contributed by atoms with Gasteiger partial charge >= 0.3 is 6.18 Å². The van der Waals surface area contributed by atoms with Crippen molar-refractivity contribution in [1.82, 2.24) is 4.90 Å². The summed E-state index contributed by atoms with van der Waals surface area (Å²) < 4.78 is 38.1. The van der Waals surface area contributed by atoms with Crippen LogP contribution in [0.1, 0.15) is 18.4 Å². The van der Waals surface area contributed by atoms with E-state index in [1.54, 1.807) is 24.3 Å². The van der Waals surface area contributed by atoms with E-state index in [0.29, 0.717) is 18.7 Å². The van der Waals surface area contributed by atoms with E-state index in [1.165, 1.54) is 4.90 Å². The summed E-state index contributed by atoms with van der Waals surface area (Å²) in [5.41, 5.74) is 6.90. The van der Waals surface area contributed by atoms with Gasteiger partial charge in [-0.15, -0.1) is 12.4 Å². The molecule has 0 saturated carbocycles. The second-order valence-electron chi connectivity index (χ2n) is 5.14. The number of halogens is 4. The molecule has 1 amide bonds. The van der Waals surface area contributed by atoms with Crippen molar-refractivity contribution in [3.8, 4) is 0 Å². The predicted octanol–water partition coefficient (Wildman–Crippen LogP) is 3.03. The summed E-state index contributed by atoms with van der Waals surface area (Å²) in [5.74, 6) is -1.66. The Morgan fingerprint density at radius 2 is 1.90 bits per heavy atom. The van der Waals surface area contributed by atoms with Gasteiger partial charge in [-0.1, -0.05) is 12.1 Å². The fourth-order valence-corrected chi connectivity index (χ4v) is 2.39. The molecule has 0 spiro atoms. The zero-order valence-corrected chi connectivity index (χ0v) is 12.2. The maximum atomic E-state index is 12.7. The lowest BCUT2D eigenvalue weighted by atomic mass is 9.97. The van der Waals surface area contributed by atoms with E-state index in [0.717, 1.165) is 5.56 Å². The second kappa shape index (κ2) is 7.02. The quantitative estimate of drug-likeness (QED) is 0.851. The van der Waals surface area contributed by atoms with Crippen molar-refractivity contribution < 1.29 is 18.0 Å². The van der Waals surface area contributed by atoms with Gasteiger partial charge in [0.2, 0.25) is 5.91 Å². The van der Waals surface area contributed by atoms with Gasteiger partial charge in [-0.05, 0) is 30.5 Å². The first kappa shape index (κ1) is 17.6. The topological polar surface area (TPSA) is 46.3 Å².